The molecule has 40 heavy (non-hydrogen) atoms. The van der Waals surface area contributed by atoms with E-state index >= 15 is 0 Å². The number of pyridine rings is 1. The van der Waals surface area contributed by atoms with Crippen LogP contribution in [0.2, 0.25) is 0 Å². The van der Waals surface area contributed by atoms with Gasteiger partial charge in [-0.3, -0.25) is 4.79 Å². The van der Waals surface area contributed by atoms with Crippen molar-refractivity contribution in [3.8, 4) is 28.3 Å². The number of benzene rings is 2. The number of fused-ring (bicyclic) bond motifs is 1. The van der Waals surface area contributed by atoms with Crippen LogP contribution in [0.4, 0.5) is 13.2 Å². The van der Waals surface area contributed by atoms with Gasteiger partial charge in [0.1, 0.15) is 23.3 Å². The highest BCUT2D eigenvalue weighted by molar-refractivity contribution is 5.98. The Bertz CT molecular complexity index is 1670. The van der Waals surface area contributed by atoms with E-state index in [9.17, 15) is 18.0 Å². The number of nitrogens with zero attached hydrogens (tertiary/aromatic N) is 4. The minimum Gasteiger partial charge on any atom is -0.494 e. The van der Waals surface area contributed by atoms with Crippen molar-refractivity contribution in [1.82, 2.24) is 25.3 Å². The molecule has 3 N–H and O–H groups in total. The average molecular weight is 549 g/mol. The normalized spacial score (nSPS) is 12.3. The van der Waals surface area contributed by atoms with Gasteiger partial charge in [-0.1, -0.05) is 24.3 Å². The Morgan fingerprint density at radius 1 is 1.02 bits per heavy atom. The number of hydrogen-bond acceptors (Lipinski definition) is 8. The summed E-state index contributed by atoms with van der Waals surface area (Å²) in [5.41, 5.74) is 7.93. The summed E-state index contributed by atoms with van der Waals surface area (Å²) in [6, 6.07) is 12.0. The van der Waals surface area contributed by atoms with Crippen LogP contribution in [0.1, 0.15) is 40.5 Å². The summed E-state index contributed by atoms with van der Waals surface area (Å²) in [7, 11) is 1.34. The molecule has 1 amide bonds. The molecule has 0 spiro atoms. The van der Waals surface area contributed by atoms with E-state index in [1.165, 1.54) is 25.6 Å². The van der Waals surface area contributed by atoms with Crippen molar-refractivity contribution in [3.63, 3.8) is 0 Å². The zero-order valence-electron chi connectivity index (χ0n) is 21.4. The molecule has 0 bridgehead atoms. The van der Waals surface area contributed by atoms with Crippen molar-refractivity contribution in [2.24, 2.45) is 5.73 Å². The summed E-state index contributed by atoms with van der Waals surface area (Å²) in [5.74, 6) is -0.220. The van der Waals surface area contributed by atoms with E-state index < -0.39 is 23.8 Å². The first-order valence-corrected chi connectivity index (χ1v) is 12.1. The molecular weight excluding hydrogens is 525 g/mol. The molecule has 204 valence electrons. The maximum atomic E-state index is 13.3. The first-order valence-electron chi connectivity index (χ1n) is 12.1. The van der Waals surface area contributed by atoms with Crippen LogP contribution in [0.3, 0.4) is 0 Å². The van der Waals surface area contributed by atoms with E-state index in [2.05, 4.69) is 25.3 Å². The monoisotopic (exact) mass is 548 g/mol. The fraction of sp³-hybridized carbons (Fsp3) is 0.179. The smallest absolute Gasteiger partial charge is 0.433 e. The van der Waals surface area contributed by atoms with Gasteiger partial charge in [0.25, 0.3) is 5.91 Å². The third kappa shape index (κ3) is 5.34. The number of hydrogen-bond donors (Lipinski definition) is 2. The summed E-state index contributed by atoms with van der Waals surface area (Å²) in [4.78, 5) is 29.3. The van der Waals surface area contributed by atoms with E-state index in [0.717, 1.165) is 22.8 Å². The third-order valence-electron chi connectivity index (χ3n) is 6.14. The van der Waals surface area contributed by atoms with Crippen molar-refractivity contribution < 1.29 is 27.1 Å². The molecule has 0 radical (unpaired) electrons. The highest BCUT2D eigenvalue weighted by Crippen LogP contribution is 2.37. The number of rotatable bonds is 7. The lowest BCUT2D eigenvalue weighted by molar-refractivity contribution is -0.140. The quantitative estimate of drug-likeness (QED) is 0.280. The molecule has 0 saturated carbocycles. The number of nitrogens with two attached hydrogens (primary N) is 1. The van der Waals surface area contributed by atoms with Crippen molar-refractivity contribution >= 4 is 16.8 Å². The Hall–Kier alpha value is -4.84. The molecule has 12 heteroatoms. The molecule has 3 aromatic heterocycles. The number of oxazole rings is 1. The molecule has 1 unspecified atom stereocenters. The number of nitrogens with one attached hydrogen (secondary N) is 1. The van der Waals surface area contributed by atoms with E-state index in [0.29, 0.717) is 10.9 Å². The van der Waals surface area contributed by atoms with Gasteiger partial charge in [-0.05, 0) is 42.3 Å². The van der Waals surface area contributed by atoms with Gasteiger partial charge in [0.05, 0.1) is 13.2 Å². The molecule has 0 aliphatic heterocycles. The molecule has 5 aromatic rings. The van der Waals surface area contributed by atoms with E-state index in [1.807, 2.05) is 24.3 Å². The molecule has 0 aliphatic carbocycles. The highest BCUT2D eigenvalue weighted by atomic mass is 19.4. The third-order valence-corrected chi connectivity index (χ3v) is 6.14. The van der Waals surface area contributed by atoms with Gasteiger partial charge in [0.2, 0.25) is 5.89 Å². The molecule has 3 heterocycles. The Morgan fingerprint density at radius 3 is 2.40 bits per heavy atom. The molecule has 2 aromatic carbocycles. The molecule has 0 aliphatic rings. The molecular formula is C28H23F3N6O3. The largest absolute Gasteiger partial charge is 0.494 e. The lowest BCUT2D eigenvalue weighted by Crippen LogP contribution is -2.25. The Morgan fingerprint density at radius 2 is 1.75 bits per heavy atom. The molecule has 1 atom stereocenters. The second kappa shape index (κ2) is 10.7. The fourth-order valence-electron chi connectivity index (χ4n) is 4.15. The molecule has 9 nitrogen and oxygen atoms in total. The number of alkyl halides is 3. The number of aromatic nitrogens is 4. The first-order chi connectivity index (χ1) is 19.2. The SMILES string of the molecule is COc1ccc(-c2nc(C(=O)NCc3ccc(-c4cncnc4)cc3)c(C(C)N)o2)c2ccc(C(F)(F)F)nc12. The Balaban J connectivity index is 1.43. The van der Waals surface area contributed by atoms with Gasteiger partial charge in [-0.25, -0.2) is 19.9 Å². The summed E-state index contributed by atoms with van der Waals surface area (Å²) >= 11 is 0. The zero-order chi connectivity index (χ0) is 28.4. The minimum absolute atomic E-state index is 0.0149. The van der Waals surface area contributed by atoms with Crippen LogP contribution in [0, 0.1) is 0 Å². The van der Waals surface area contributed by atoms with Crippen LogP contribution in [-0.4, -0.2) is 33.0 Å². The van der Waals surface area contributed by atoms with E-state index in [4.69, 9.17) is 14.9 Å². The lowest BCUT2D eigenvalue weighted by atomic mass is 10.1. The van der Waals surface area contributed by atoms with Crippen molar-refractivity contribution in [2.75, 3.05) is 7.11 Å². The van der Waals surface area contributed by atoms with Gasteiger partial charge in [0, 0.05) is 35.5 Å². The second-order valence-electron chi connectivity index (χ2n) is 8.93. The van der Waals surface area contributed by atoms with Crippen LogP contribution in [0.5, 0.6) is 5.75 Å². The van der Waals surface area contributed by atoms with Gasteiger partial charge >= 0.3 is 6.18 Å². The van der Waals surface area contributed by atoms with Crippen LogP contribution >= 0.6 is 0 Å². The predicted molar refractivity (Wildman–Crippen MR) is 140 cm³/mol. The number of methoxy groups -OCH3 is 1. The number of halogens is 3. The predicted octanol–water partition coefficient (Wildman–Crippen LogP) is 5.32. The van der Waals surface area contributed by atoms with Gasteiger partial charge in [0.15, 0.2) is 11.5 Å². The zero-order valence-corrected chi connectivity index (χ0v) is 21.4. The summed E-state index contributed by atoms with van der Waals surface area (Å²) in [6.07, 6.45) is 0.232. The van der Waals surface area contributed by atoms with Crippen LogP contribution in [-0.2, 0) is 12.7 Å². The van der Waals surface area contributed by atoms with Gasteiger partial charge < -0.3 is 20.2 Å². The Labute approximate surface area is 226 Å². The van der Waals surface area contributed by atoms with Gasteiger partial charge in [-0.2, -0.15) is 13.2 Å². The molecule has 5 rings (SSSR count). The Kier molecular flexibility index (Phi) is 7.18. The fourth-order valence-corrected chi connectivity index (χ4v) is 4.15. The van der Waals surface area contributed by atoms with Crippen molar-refractivity contribution in [2.45, 2.75) is 25.7 Å². The lowest BCUT2D eigenvalue weighted by Gasteiger charge is -2.11. The van der Waals surface area contributed by atoms with Crippen LogP contribution in [0.15, 0.2) is 71.7 Å². The van der Waals surface area contributed by atoms with Crippen molar-refractivity contribution in [3.05, 3.63) is 90.0 Å². The van der Waals surface area contributed by atoms with E-state index in [1.54, 1.807) is 25.4 Å². The van der Waals surface area contributed by atoms with Crippen LogP contribution in [0.25, 0.3) is 33.5 Å². The first kappa shape index (κ1) is 26.8. The maximum Gasteiger partial charge on any atom is 0.433 e. The summed E-state index contributed by atoms with van der Waals surface area (Å²) in [6.45, 7) is 1.84. The minimum atomic E-state index is -4.64. The number of carbonyl (C=O) groups excluding carboxylic acids is 1. The topological polar surface area (TPSA) is 129 Å². The number of amides is 1. The summed E-state index contributed by atoms with van der Waals surface area (Å²) < 4.78 is 51.0. The maximum absolute atomic E-state index is 13.3. The average Bonchev–Trinajstić information content (AvgIpc) is 3.41. The van der Waals surface area contributed by atoms with Gasteiger partial charge in [-0.15, -0.1) is 0 Å². The standard InChI is InChI=1S/C28H23F3N6O3/c1-15(32)25-24(26(38)35-11-16-3-5-17(6-4-16)18-12-33-14-34-13-18)37-27(40-25)20-7-9-21(39-2)23-19(20)8-10-22(36-23)28(29,30)31/h3-10,12-15H,11,32H2,1-2H3,(H,35,38). The molecule has 0 fully saturated rings. The van der Waals surface area contributed by atoms with Crippen molar-refractivity contribution in [1.29, 1.82) is 0 Å². The van der Waals surface area contributed by atoms with E-state index in [-0.39, 0.29) is 35.2 Å². The highest BCUT2D eigenvalue weighted by Gasteiger charge is 2.33. The van der Waals surface area contributed by atoms with Crippen LogP contribution < -0.4 is 15.8 Å². The second-order valence-corrected chi connectivity index (χ2v) is 8.93. The summed E-state index contributed by atoms with van der Waals surface area (Å²) in [5, 5.41) is 3.12. The number of carbonyl (C=O) groups is 1. The number of ether oxygens (including phenoxy) is 1. The molecule has 0 saturated heterocycles.